The number of hydrogen-bond donors (Lipinski definition) is 1. The van der Waals surface area contributed by atoms with Crippen molar-refractivity contribution in [3.63, 3.8) is 0 Å². The second-order valence-corrected chi connectivity index (χ2v) is 8.34. The molecular weight excluding hydrogens is 341 g/mol. The monoisotopic (exact) mass is 361 g/mol. The number of amides is 1. The molecule has 0 saturated heterocycles. The highest BCUT2D eigenvalue weighted by Gasteiger charge is 2.22. The maximum Gasteiger partial charge on any atom is 0.221 e. The van der Waals surface area contributed by atoms with Crippen molar-refractivity contribution < 1.29 is 17.6 Å². The summed E-state index contributed by atoms with van der Waals surface area (Å²) in [5, 5.41) is 2.94. The van der Waals surface area contributed by atoms with Gasteiger partial charge in [0.1, 0.15) is 5.82 Å². The molecule has 0 radical (unpaired) electrons. The van der Waals surface area contributed by atoms with Crippen LogP contribution in [-0.2, 0) is 21.1 Å². The first-order valence-electron chi connectivity index (χ1n) is 8.31. The van der Waals surface area contributed by atoms with E-state index in [1.54, 1.807) is 0 Å². The zero-order chi connectivity index (χ0) is 17.9. The van der Waals surface area contributed by atoms with Crippen molar-refractivity contribution in [2.75, 3.05) is 5.75 Å². The van der Waals surface area contributed by atoms with Gasteiger partial charge in [-0.25, -0.2) is 12.8 Å². The van der Waals surface area contributed by atoms with E-state index in [0.717, 1.165) is 37.0 Å². The third-order valence-corrected chi connectivity index (χ3v) is 6.21. The summed E-state index contributed by atoms with van der Waals surface area (Å²) in [5.74, 6) is -1.07. The van der Waals surface area contributed by atoms with Crippen LogP contribution < -0.4 is 5.32 Å². The third kappa shape index (κ3) is 4.25. The lowest BCUT2D eigenvalue weighted by atomic mass is 9.88. The third-order valence-electron chi connectivity index (χ3n) is 4.48. The number of hydrogen-bond acceptors (Lipinski definition) is 3. The number of nitrogens with one attached hydrogen (secondary N) is 1. The zero-order valence-electron chi connectivity index (χ0n) is 13.7. The van der Waals surface area contributed by atoms with Gasteiger partial charge in [0.2, 0.25) is 5.91 Å². The summed E-state index contributed by atoms with van der Waals surface area (Å²) in [5.41, 5.74) is 2.35. The fourth-order valence-corrected chi connectivity index (χ4v) is 4.40. The van der Waals surface area contributed by atoms with Gasteiger partial charge in [-0.1, -0.05) is 24.3 Å². The fourth-order valence-electron chi connectivity index (χ4n) is 3.16. The van der Waals surface area contributed by atoms with Crippen LogP contribution in [0.25, 0.3) is 0 Å². The van der Waals surface area contributed by atoms with E-state index in [1.165, 1.54) is 17.7 Å². The second-order valence-electron chi connectivity index (χ2n) is 6.23. The fraction of sp³-hybridized carbons (Fsp3) is 0.316. The average Bonchev–Trinajstić information content (AvgIpc) is 2.61. The first-order valence-corrected chi connectivity index (χ1v) is 9.96. The van der Waals surface area contributed by atoms with Crippen molar-refractivity contribution in [1.29, 1.82) is 0 Å². The van der Waals surface area contributed by atoms with E-state index >= 15 is 0 Å². The highest BCUT2D eigenvalue weighted by Crippen LogP contribution is 2.29. The van der Waals surface area contributed by atoms with E-state index in [0.29, 0.717) is 0 Å². The summed E-state index contributed by atoms with van der Waals surface area (Å²) in [6, 6.07) is 12.6. The second kappa shape index (κ2) is 7.35. The lowest BCUT2D eigenvalue weighted by molar-refractivity contribution is -0.121. The van der Waals surface area contributed by atoms with Gasteiger partial charge >= 0.3 is 0 Å². The number of carbonyl (C=O) groups is 1. The van der Waals surface area contributed by atoms with E-state index in [2.05, 4.69) is 11.4 Å². The average molecular weight is 361 g/mol. The van der Waals surface area contributed by atoms with Crippen LogP contribution in [0, 0.1) is 5.82 Å². The van der Waals surface area contributed by atoms with E-state index < -0.39 is 15.7 Å². The molecule has 4 nitrogen and oxygen atoms in total. The quantitative estimate of drug-likeness (QED) is 0.832. The number of halogens is 1. The number of aryl methyl sites for hydroxylation is 1. The highest BCUT2D eigenvalue weighted by atomic mass is 32.2. The molecule has 6 heteroatoms. The molecule has 0 spiro atoms. The minimum Gasteiger partial charge on any atom is -0.349 e. The Morgan fingerprint density at radius 1 is 1.12 bits per heavy atom. The van der Waals surface area contributed by atoms with Crippen LogP contribution in [0.2, 0.25) is 0 Å². The van der Waals surface area contributed by atoms with E-state index in [9.17, 15) is 17.6 Å². The number of benzene rings is 2. The highest BCUT2D eigenvalue weighted by molar-refractivity contribution is 7.91. The number of rotatable bonds is 5. The molecule has 1 aliphatic rings. The molecule has 0 saturated carbocycles. The lowest BCUT2D eigenvalue weighted by Crippen LogP contribution is -2.32. The van der Waals surface area contributed by atoms with E-state index in [-0.39, 0.29) is 29.0 Å². The number of sulfone groups is 1. The van der Waals surface area contributed by atoms with Crippen molar-refractivity contribution in [2.24, 2.45) is 0 Å². The lowest BCUT2D eigenvalue weighted by Gasteiger charge is -2.26. The van der Waals surface area contributed by atoms with Crippen molar-refractivity contribution in [3.8, 4) is 0 Å². The Morgan fingerprint density at radius 3 is 2.60 bits per heavy atom. The molecule has 1 atom stereocenters. The van der Waals surface area contributed by atoms with Crippen LogP contribution in [0.5, 0.6) is 0 Å². The van der Waals surface area contributed by atoms with Gasteiger partial charge in [-0.15, -0.1) is 0 Å². The molecule has 0 fully saturated rings. The predicted octanol–water partition coefficient (Wildman–Crippen LogP) is 3.18. The molecule has 0 aromatic heterocycles. The van der Waals surface area contributed by atoms with Crippen molar-refractivity contribution in [1.82, 2.24) is 5.32 Å². The van der Waals surface area contributed by atoms with Gasteiger partial charge in [0.15, 0.2) is 9.84 Å². The molecule has 1 N–H and O–H groups in total. The molecule has 2 aromatic rings. The van der Waals surface area contributed by atoms with Crippen molar-refractivity contribution in [3.05, 3.63) is 65.5 Å². The van der Waals surface area contributed by atoms with Crippen LogP contribution >= 0.6 is 0 Å². The normalized spacial score (nSPS) is 16.9. The molecular formula is C19H20FNO3S. The van der Waals surface area contributed by atoms with Gasteiger partial charge in [-0.3, -0.25) is 4.79 Å². The zero-order valence-corrected chi connectivity index (χ0v) is 14.6. The maximum absolute atomic E-state index is 12.9. The number of carbonyl (C=O) groups excluding carboxylic acids is 1. The van der Waals surface area contributed by atoms with E-state index in [4.69, 9.17) is 0 Å². The van der Waals surface area contributed by atoms with Gasteiger partial charge in [0.05, 0.1) is 16.7 Å². The van der Waals surface area contributed by atoms with Crippen LogP contribution in [0.4, 0.5) is 4.39 Å². The summed E-state index contributed by atoms with van der Waals surface area (Å²) in [6.45, 7) is 0. The molecule has 0 unspecified atom stereocenters. The van der Waals surface area contributed by atoms with Crippen molar-refractivity contribution in [2.45, 2.75) is 36.6 Å². The van der Waals surface area contributed by atoms with Crippen LogP contribution in [0.3, 0.4) is 0 Å². The first kappa shape index (κ1) is 17.6. The Bertz CT molecular complexity index is 862. The molecule has 132 valence electrons. The molecule has 1 aliphatic carbocycles. The molecule has 0 aliphatic heterocycles. The standard InChI is InChI=1S/C19H20FNO3S/c20-15-8-10-16(11-9-15)25(23,24)13-12-19(22)21-18-7-3-5-14-4-1-2-6-17(14)18/h1-2,4,6,8-11,18H,3,5,7,12-13H2,(H,21,22)/t18-/m0/s1. The van der Waals surface area contributed by atoms with E-state index in [1.807, 2.05) is 18.2 Å². The summed E-state index contributed by atoms with van der Waals surface area (Å²) < 4.78 is 37.4. The smallest absolute Gasteiger partial charge is 0.221 e. The predicted molar refractivity (Wildman–Crippen MR) is 93.3 cm³/mol. The molecule has 0 heterocycles. The topological polar surface area (TPSA) is 63.2 Å². The Labute approximate surface area is 147 Å². The Kier molecular flexibility index (Phi) is 5.18. The Morgan fingerprint density at radius 2 is 1.84 bits per heavy atom. The number of fused-ring (bicyclic) bond motifs is 1. The summed E-state index contributed by atoms with van der Waals surface area (Å²) in [6.07, 6.45) is 2.74. The molecule has 25 heavy (non-hydrogen) atoms. The summed E-state index contributed by atoms with van der Waals surface area (Å²) >= 11 is 0. The first-order chi connectivity index (χ1) is 12.0. The van der Waals surface area contributed by atoms with Crippen LogP contribution in [0.15, 0.2) is 53.4 Å². The summed E-state index contributed by atoms with van der Waals surface area (Å²) in [4.78, 5) is 12.2. The molecule has 1 amide bonds. The minimum absolute atomic E-state index is 0.0321. The summed E-state index contributed by atoms with van der Waals surface area (Å²) in [7, 11) is -3.60. The van der Waals surface area contributed by atoms with Crippen LogP contribution in [0.1, 0.15) is 36.4 Å². The van der Waals surface area contributed by atoms with Gasteiger partial charge in [-0.2, -0.15) is 0 Å². The molecule has 2 aromatic carbocycles. The van der Waals surface area contributed by atoms with Gasteiger partial charge in [0.25, 0.3) is 0 Å². The Hall–Kier alpha value is -2.21. The minimum atomic E-state index is -3.60. The largest absolute Gasteiger partial charge is 0.349 e. The van der Waals surface area contributed by atoms with Gasteiger partial charge in [0, 0.05) is 6.42 Å². The van der Waals surface area contributed by atoms with Crippen molar-refractivity contribution >= 4 is 15.7 Å². The van der Waals surface area contributed by atoms with Gasteiger partial charge < -0.3 is 5.32 Å². The molecule has 3 rings (SSSR count). The maximum atomic E-state index is 12.9. The SMILES string of the molecule is O=C(CCS(=O)(=O)c1ccc(F)cc1)N[C@H]1CCCc2ccccc21. The van der Waals surface area contributed by atoms with Crippen LogP contribution in [-0.4, -0.2) is 20.1 Å². The van der Waals surface area contributed by atoms with Gasteiger partial charge in [-0.05, 0) is 54.7 Å². The molecule has 0 bridgehead atoms. The Balaban J connectivity index is 1.61.